The maximum atomic E-state index is 5.53. The summed E-state index contributed by atoms with van der Waals surface area (Å²) in [6.45, 7) is 17.1. The molecule has 106 valence electrons. The number of benzene rings is 1. The normalized spacial score (nSPS) is 11.8. The summed E-state index contributed by atoms with van der Waals surface area (Å²) >= 11 is 0. The molecule has 0 amide bonds. The van der Waals surface area contributed by atoms with Crippen LogP contribution in [0.15, 0.2) is 12.6 Å². The molecule has 0 fully saturated rings. The van der Waals surface area contributed by atoms with Crippen molar-refractivity contribution in [1.29, 1.82) is 0 Å². The molecule has 0 bridgehead atoms. The lowest BCUT2D eigenvalue weighted by atomic mass is 9.77. The molecule has 0 saturated carbocycles. The van der Waals surface area contributed by atoms with E-state index in [1.165, 1.54) is 16.7 Å². The van der Waals surface area contributed by atoms with E-state index in [1.807, 2.05) is 6.08 Å². The summed E-state index contributed by atoms with van der Waals surface area (Å²) in [5.41, 5.74) is 4.89. The molecule has 0 spiro atoms. The summed E-state index contributed by atoms with van der Waals surface area (Å²) in [6.07, 6.45) is 2.80. The second-order valence-electron chi connectivity index (χ2n) is 6.32. The van der Waals surface area contributed by atoms with E-state index in [-0.39, 0.29) is 5.41 Å². The first-order chi connectivity index (χ1) is 8.77. The highest BCUT2D eigenvalue weighted by molar-refractivity contribution is 5.64. The Morgan fingerprint density at radius 3 is 2.26 bits per heavy atom. The molecule has 2 nitrogen and oxygen atoms in total. The van der Waals surface area contributed by atoms with Gasteiger partial charge in [0.1, 0.15) is 0 Å². The Bertz CT molecular complexity index is 467. The van der Waals surface area contributed by atoms with E-state index in [0.717, 1.165) is 17.7 Å². The molecule has 0 unspecified atom stereocenters. The van der Waals surface area contributed by atoms with Gasteiger partial charge in [-0.05, 0) is 34.9 Å². The molecule has 0 radical (unpaired) electrons. The maximum Gasteiger partial charge on any atom is 0.158 e. The monoisotopic (exact) mass is 261 g/mol. The molecular formula is C17H27NO. The fourth-order valence-corrected chi connectivity index (χ4v) is 2.71. The number of hydrogen-bond donors (Lipinski definition) is 1. The standard InChI is InChI=1S/C17H27NO/c1-8-12-10-14(11(3)4)13(9-2)15(16(12)19-18)17(5,6)7/h8,10-11H,1,9,18H2,2-7H3. The third-order valence-corrected chi connectivity index (χ3v) is 3.51. The predicted molar refractivity (Wildman–Crippen MR) is 83.5 cm³/mol. The molecule has 0 aliphatic heterocycles. The summed E-state index contributed by atoms with van der Waals surface area (Å²) < 4.78 is 0. The highest BCUT2D eigenvalue weighted by Crippen LogP contribution is 2.41. The van der Waals surface area contributed by atoms with Crippen molar-refractivity contribution < 1.29 is 4.84 Å². The second kappa shape index (κ2) is 5.79. The summed E-state index contributed by atoms with van der Waals surface area (Å²) in [4.78, 5) is 5.20. The first kappa shape index (κ1) is 15.8. The van der Waals surface area contributed by atoms with Crippen LogP contribution in [0, 0.1) is 0 Å². The van der Waals surface area contributed by atoms with E-state index in [1.54, 1.807) is 0 Å². The van der Waals surface area contributed by atoms with Crippen LogP contribution in [0.3, 0.4) is 0 Å². The molecule has 1 aromatic carbocycles. The number of nitrogens with two attached hydrogens (primary N) is 1. The van der Waals surface area contributed by atoms with E-state index in [9.17, 15) is 0 Å². The molecule has 19 heavy (non-hydrogen) atoms. The van der Waals surface area contributed by atoms with Crippen LogP contribution < -0.4 is 10.7 Å². The van der Waals surface area contributed by atoms with E-state index in [4.69, 9.17) is 10.7 Å². The van der Waals surface area contributed by atoms with Crippen molar-refractivity contribution in [3.8, 4) is 5.75 Å². The van der Waals surface area contributed by atoms with Gasteiger partial charge in [0.05, 0.1) is 0 Å². The van der Waals surface area contributed by atoms with E-state index < -0.39 is 0 Å². The highest BCUT2D eigenvalue weighted by atomic mass is 16.6. The summed E-state index contributed by atoms with van der Waals surface area (Å²) in [6, 6.07) is 2.16. The second-order valence-corrected chi connectivity index (χ2v) is 6.32. The summed E-state index contributed by atoms with van der Waals surface area (Å²) in [5, 5.41) is 0. The van der Waals surface area contributed by atoms with E-state index in [0.29, 0.717) is 5.92 Å². The minimum absolute atomic E-state index is 0.0112. The van der Waals surface area contributed by atoms with Gasteiger partial charge in [0.2, 0.25) is 0 Å². The highest BCUT2D eigenvalue weighted by Gasteiger charge is 2.27. The Morgan fingerprint density at radius 2 is 1.95 bits per heavy atom. The van der Waals surface area contributed by atoms with Gasteiger partial charge in [0.15, 0.2) is 5.75 Å². The molecule has 0 aliphatic rings. The molecule has 0 aromatic heterocycles. The van der Waals surface area contributed by atoms with Crippen molar-refractivity contribution in [3.05, 3.63) is 34.9 Å². The molecule has 0 atom stereocenters. The largest absolute Gasteiger partial charge is 0.411 e. The Labute approximate surface area is 117 Å². The van der Waals surface area contributed by atoms with Crippen molar-refractivity contribution in [1.82, 2.24) is 0 Å². The Balaban J connectivity index is 3.80. The van der Waals surface area contributed by atoms with Crippen molar-refractivity contribution in [3.63, 3.8) is 0 Å². The van der Waals surface area contributed by atoms with Crippen LogP contribution in [-0.2, 0) is 11.8 Å². The van der Waals surface area contributed by atoms with Crippen LogP contribution in [0.5, 0.6) is 5.75 Å². The predicted octanol–water partition coefficient (Wildman–Crippen LogP) is 4.57. The van der Waals surface area contributed by atoms with Gasteiger partial charge in [0, 0.05) is 11.1 Å². The zero-order valence-corrected chi connectivity index (χ0v) is 13.1. The van der Waals surface area contributed by atoms with Gasteiger partial charge in [-0.3, -0.25) is 0 Å². The first-order valence-corrected chi connectivity index (χ1v) is 6.97. The van der Waals surface area contributed by atoms with Crippen LogP contribution in [0.1, 0.15) is 69.7 Å². The molecule has 2 N–H and O–H groups in total. The number of hydrogen-bond acceptors (Lipinski definition) is 2. The Hall–Kier alpha value is -1.28. The van der Waals surface area contributed by atoms with Crippen LogP contribution in [0.4, 0.5) is 0 Å². The van der Waals surface area contributed by atoms with Crippen molar-refractivity contribution in [2.24, 2.45) is 5.90 Å². The lowest BCUT2D eigenvalue weighted by Crippen LogP contribution is -2.20. The quantitative estimate of drug-likeness (QED) is 0.806. The first-order valence-electron chi connectivity index (χ1n) is 6.97. The summed E-state index contributed by atoms with van der Waals surface area (Å²) in [7, 11) is 0. The smallest absolute Gasteiger partial charge is 0.158 e. The zero-order chi connectivity index (χ0) is 14.8. The number of rotatable bonds is 4. The fourth-order valence-electron chi connectivity index (χ4n) is 2.71. The molecule has 1 aromatic rings. The summed E-state index contributed by atoms with van der Waals surface area (Å²) in [5.74, 6) is 6.77. The minimum atomic E-state index is -0.0112. The van der Waals surface area contributed by atoms with Crippen LogP contribution >= 0.6 is 0 Å². The fraction of sp³-hybridized carbons (Fsp3) is 0.529. The van der Waals surface area contributed by atoms with E-state index in [2.05, 4.69) is 54.2 Å². The SMILES string of the molecule is C=Cc1cc(C(C)C)c(CC)c(C(C)(C)C)c1ON. The van der Waals surface area contributed by atoms with Crippen molar-refractivity contribution >= 4 is 6.08 Å². The average molecular weight is 261 g/mol. The van der Waals surface area contributed by atoms with Crippen molar-refractivity contribution in [2.45, 2.75) is 59.3 Å². The van der Waals surface area contributed by atoms with Crippen LogP contribution in [0.25, 0.3) is 6.08 Å². The molecule has 0 heterocycles. The topological polar surface area (TPSA) is 35.2 Å². The Kier molecular flexibility index (Phi) is 4.81. The van der Waals surface area contributed by atoms with Crippen LogP contribution in [-0.4, -0.2) is 0 Å². The van der Waals surface area contributed by atoms with Gasteiger partial charge in [-0.1, -0.05) is 54.2 Å². The van der Waals surface area contributed by atoms with Gasteiger partial charge in [-0.15, -0.1) is 0 Å². The molecule has 1 rings (SSSR count). The van der Waals surface area contributed by atoms with Gasteiger partial charge >= 0.3 is 0 Å². The third kappa shape index (κ3) is 3.01. The lowest BCUT2D eigenvalue weighted by Gasteiger charge is -2.29. The minimum Gasteiger partial charge on any atom is -0.411 e. The average Bonchev–Trinajstić information content (AvgIpc) is 2.34. The van der Waals surface area contributed by atoms with Gasteiger partial charge in [0.25, 0.3) is 0 Å². The van der Waals surface area contributed by atoms with Crippen LogP contribution in [0.2, 0.25) is 0 Å². The van der Waals surface area contributed by atoms with Gasteiger partial charge < -0.3 is 4.84 Å². The Morgan fingerprint density at radius 1 is 1.37 bits per heavy atom. The molecule has 2 heteroatoms. The van der Waals surface area contributed by atoms with Gasteiger partial charge in [-0.2, -0.15) is 5.90 Å². The zero-order valence-electron chi connectivity index (χ0n) is 13.1. The molecule has 0 saturated heterocycles. The van der Waals surface area contributed by atoms with E-state index >= 15 is 0 Å². The molecular weight excluding hydrogens is 234 g/mol. The lowest BCUT2D eigenvalue weighted by molar-refractivity contribution is 0.322. The third-order valence-electron chi connectivity index (χ3n) is 3.51. The molecule has 0 aliphatic carbocycles. The van der Waals surface area contributed by atoms with Gasteiger partial charge in [-0.25, -0.2) is 0 Å². The maximum absolute atomic E-state index is 5.53. The van der Waals surface area contributed by atoms with Crippen molar-refractivity contribution in [2.75, 3.05) is 0 Å².